The van der Waals surface area contributed by atoms with E-state index in [4.69, 9.17) is 0 Å². The number of ketones is 1. The Labute approximate surface area is 90.7 Å². The minimum atomic E-state index is 0.425. The zero-order chi connectivity index (χ0) is 10.8. The van der Waals surface area contributed by atoms with Crippen LogP contribution in [0.1, 0.15) is 48.6 Å². The molecule has 0 saturated heterocycles. The number of hydrogen-bond donors (Lipinski definition) is 0. The second-order valence-electron chi connectivity index (χ2n) is 4.50. The summed E-state index contributed by atoms with van der Waals surface area (Å²) >= 11 is 0. The Morgan fingerprint density at radius 1 is 1.13 bits per heavy atom. The molecule has 0 unspecified atom stereocenters. The van der Waals surface area contributed by atoms with Gasteiger partial charge < -0.3 is 0 Å². The molecular weight excluding hydrogens is 186 g/mol. The SMILES string of the molecule is Cc1cc(C2CCC(=O)CC2)cc(C)n1. The van der Waals surface area contributed by atoms with Gasteiger partial charge in [-0.15, -0.1) is 0 Å². The van der Waals surface area contributed by atoms with Crippen molar-refractivity contribution in [2.24, 2.45) is 0 Å². The summed E-state index contributed by atoms with van der Waals surface area (Å²) in [5.41, 5.74) is 3.54. The van der Waals surface area contributed by atoms with E-state index in [1.165, 1.54) is 5.56 Å². The number of carbonyl (C=O) groups is 1. The highest BCUT2D eigenvalue weighted by Crippen LogP contribution is 2.31. The van der Waals surface area contributed by atoms with Gasteiger partial charge in [-0.05, 0) is 50.3 Å². The second-order valence-corrected chi connectivity index (χ2v) is 4.50. The Kier molecular flexibility index (Phi) is 2.85. The highest BCUT2D eigenvalue weighted by Gasteiger charge is 2.20. The molecule has 1 fully saturated rings. The molecular formula is C13H17NO. The Morgan fingerprint density at radius 2 is 1.67 bits per heavy atom. The third kappa shape index (κ3) is 2.44. The van der Waals surface area contributed by atoms with Crippen molar-refractivity contribution in [1.29, 1.82) is 0 Å². The number of Topliss-reactive ketones (excluding diaryl/α,β-unsaturated/α-hetero) is 1. The van der Waals surface area contributed by atoms with Gasteiger partial charge in [0, 0.05) is 24.2 Å². The van der Waals surface area contributed by atoms with Crippen molar-refractivity contribution in [3.05, 3.63) is 29.1 Å². The van der Waals surface area contributed by atoms with Gasteiger partial charge in [0.05, 0.1) is 0 Å². The number of hydrogen-bond acceptors (Lipinski definition) is 2. The zero-order valence-corrected chi connectivity index (χ0v) is 9.42. The van der Waals surface area contributed by atoms with E-state index in [2.05, 4.69) is 17.1 Å². The standard InChI is InChI=1S/C13H17NO/c1-9-7-12(8-10(2)14-9)11-3-5-13(15)6-4-11/h7-8,11H,3-6H2,1-2H3. The van der Waals surface area contributed by atoms with E-state index in [0.29, 0.717) is 11.7 Å². The van der Waals surface area contributed by atoms with E-state index < -0.39 is 0 Å². The summed E-state index contributed by atoms with van der Waals surface area (Å²) in [6, 6.07) is 4.32. The van der Waals surface area contributed by atoms with Crippen LogP contribution in [0.4, 0.5) is 0 Å². The van der Waals surface area contributed by atoms with Crippen LogP contribution in [0.2, 0.25) is 0 Å². The summed E-state index contributed by atoms with van der Waals surface area (Å²) in [6.07, 6.45) is 3.54. The molecule has 0 atom stereocenters. The van der Waals surface area contributed by atoms with Crippen LogP contribution in [0, 0.1) is 13.8 Å². The van der Waals surface area contributed by atoms with Crippen LogP contribution in [0.3, 0.4) is 0 Å². The van der Waals surface area contributed by atoms with Crippen molar-refractivity contribution in [2.75, 3.05) is 0 Å². The lowest BCUT2D eigenvalue weighted by Crippen LogP contribution is -2.12. The average molecular weight is 203 g/mol. The lowest BCUT2D eigenvalue weighted by Gasteiger charge is -2.21. The molecule has 1 saturated carbocycles. The van der Waals surface area contributed by atoms with Crippen molar-refractivity contribution >= 4 is 5.78 Å². The van der Waals surface area contributed by atoms with Crippen LogP contribution in [-0.2, 0) is 4.79 Å². The molecule has 0 aromatic carbocycles. The zero-order valence-electron chi connectivity index (χ0n) is 9.42. The molecule has 2 nitrogen and oxygen atoms in total. The predicted octanol–water partition coefficient (Wildman–Crippen LogP) is 2.93. The fraction of sp³-hybridized carbons (Fsp3) is 0.538. The molecule has 1 aromatic heterocycles. The van der Waals surface area contributed by atoms with E-state index in [0.717, 1.165) is 37.1 Å². The summed E-state index contributed by atoms with van der Waals surface area (Å²) in [6.45, 7) is 4.06. The maximum atomic E-state index is 11.2. The average Bonchev–Trinajstić information content (AvgIpc) is 2.17. The van der Waals surface area contributed by atoms with Crippen molar-refractivity contribution in [3.8, 4) is 0 Å². The smallest absolute Gasteiger partial charge is 0.132 e. The van der Waals surface area contributed by atoms with Crippen molar-refractivity contribution < 1.29 is 4.79 Å². The van der Waals surface area contributed by atoms with Crippen molar-refractivity contribution in [2.45, 2.75) is 45.4 Å². The van der Waals surface area contributed by atoms with Gasteiger partial charge in [-0.2, -0.15) is 0 Å². The maximum Gasteiger partial charge on any atom is 0.132 e. The number of nitrogens with zero attached hydrogens (tertiary/aromatic N) is 1. The number of aryl methyl sites for hydroxylation is 2. The Balaban J connectivity index is 2.18. The molecule has 15 heavy (non-hydrogen) atoms. The predicted molar refractivity (Wildman–Crippen MR) is 59.9 cm³/mol. The molecule has 1 aliphatic carbocycles. The highest BCUT2D eigenvalue weighted by atomic mass is 16.1. The lowest BCUT2D eigenvalue weighted by atomic mass is 9.83. The van der Waals surface area contributed by atoms with Crippen LogP contribution in [0.25, 0.3) is 0 Å². The van der Waals surface area contributed by atoms with Crippen LogP contribution < -0.4 is 0 Å². The van der Waals surface area contributed by atoms with Gasteiger partial charge in [0.1, 0.15) is 5.78 Å². The Morgan fingerprint density at radius 3 is 2.20 bits per heavy atom. The first-order valence-corrected chi connectivity index (χ1v) is 5.62. The fourth-order valence-corrected chi connectivity index (χ4v) is 2.38. The molecule has 0 spiro atoms. The molecule has 1 heterocycles. The molecule has 0 aliphatic heterocycles. The molecule has 80 valence electrons. The molecule has 1 aromatic rings. The van der Waals surface area contributed by atoms with E-state index in [1.807, 2.05) is 13.8 Å². The fourth-order valence-electron chi connectivity index (χ4n) is 2.38. The summed E-state index contributed by atoms with van der Waals surface area (Å²) in [7, 11) is 0. The largest absolute Gasteiger partial charge is 0.300 e. The van der Waals surface area contributed by atoms with E-state index >= 15 is 0 Å². The quantitative estimate of drug-likeness (QED) is 0.702. The van der Waals surface area contributed by atoms with Crippen LogP contribution in [-0.4, -0.2) is 10.8 Å². The number of pyridine rings is 1. The minimum Gasteiger partial charge on any atom is -0.300 e. The van der Waals surface area contributed by atoms with Gasteiger partial charge in [-0.1, -0.05) is 0 Å². The number of carbonyl (C=O) groups excluding carboxylic acids is 1. The van der Waals surface area contributed by atoms with Gasteiger partial charge >= 0.3 is 0 Å². The second kappa shape index (κ2) is 4.13. The van der Waals surface area contributed by atoms with Gasteiger partial charge in [0.25, 0.3) is 0 Å². The highest BCUT2D eigenvalue weighted by molar-refractivity contribution is 5.79. The summed E-state index contributed by atoms with van der Waals surface area (Å²) in [4.78, 5) is 15.5. The van der Waals surface area contributed by atoms with Gasteiger partial charge in [0.15, 0.2) is 0 Å². The normalized spacial score (nSPS) is 18.1. The lowest BCUT2D eigenvalue weighted by molar-refractivity contribution is -0.120. The monoisotopic (exact) mass is 203 g/mol. The third-order valence-corrected chi connectivity index (χ3v) is 3.12. The summed E-state index contributed by atoms with van der Waals surface area (Å²) in [5.74, 6) is 0.997. The Bertz CT molecular complexity index is 354. The van der Waals surface area contributed by atoms with Crippen molar-refractivity contribution in [1.82, 2.24) is 4.98 Å². The van der Waals surface area contributed by atoms with Crippen molar-refractivity contribution in [3.63, 3.8) is 0 Å². The molecule has 0 radical (unpaired) electrons. The molecule has 0 N–H and O–H groups in total. The summed E-state index contributed by atoms with van der Waals surface area (Å²) < 4.78 is 0. The maximum absolute atomic E-state index is 11.2. The van der Waals surface area contributed by atoms with Gasteiger partial charge in [-0.25, -0.2) is 0 Å². The molecule has 2 heteroatoms. The molecule has 0 amide bonds. The first kappa shape index (κ1) is 10.3. The first-order valence-electron chi connectivity index (χ1n) is 5.62. The molecule has 2 rings (SSSR count). The third-order valence-electron chi connectivity index (χ3n) is 3.12. The van der Waals surface area contributed by atoms with Crippen LogP contribution in [0.15, 0.2) is 12.1 Å². The topological polar surface area (TPSA) is 30.0 Å². The van der Waals surface area contributed by atoms with Crippen LogP contribution >= 0.6 is 0 Å². The van der Waals surface area contributed by atoms with E-state index in [-0.39, 0.29) is 0 Å². The summed E-state index contributed by atoms with van der Waals surface area (Å²) in [5, 5.41) is 0. The number of aromatic nitrogens is 1. The van der Waals surface area contributed by atoms with Gasteiger partial charge in [0.2, 0.25) is 0 Å². The van der Waals surface area contributed by atoms with E-state index in [1.54, 1.807) is 0 Å². The van der Waals surface area contributed by atoms with Crippen LogP contribution in [0.5, 0.6) is 0 Å². The number of rotatable bonds is 1. The minimum absolute atomic E-state index is 0.425. The Hall–Kier alpha value is -1.18. The molecule has 1 aliphatic rings. The van der Waals surface area contributed by atoms with E-state index in [9.17, 15) is 4.79 Å². The first-order chi connectivity index (χ1) is 7.15. The molecule has 0 bridgehead atoms. The van der Waals surface area contributed by atoms with Gasteiger partial charge in [-0.3, -0.25) is 9.78 Å².